The van der Waals surface area contributed by atoms with Gasteiger partial charge in [-0.3, -0.25) is 0 Å². The standard InChI is InChI=1S/C11H21N.Y/c1-9(2)5-6-11-7-12(8-11)10(3)4;/h5,9-10H,6-8H2,1-4H3;/q-2;. The molecule has 0 bridgehead atoms. The predicted molar refractivity (Wildman–Crippen MR) is 53.7 cm³/mol. The number of hydrogen-bond acceptors (Lipinski definition) is 1. The second kappa shape index (κ2) is 6.53. The molecule has 13 heavy (non-hydrogen) atoms. The minimum Gasteiger partial charge on any atom is -0.359 e. The van der Waals surface area contributed by atoms with Crippen LogP contribution < -0.4 is 0 Å². The molecule has 0 atom stereocenters. The van der Waals surface area contributed by atoms with E-state index < -0.39 is 0 Å². The fraction of sp³-hybridized carbons (Fsp3) is 0.818. The van der Waals surface area contributed by atoms with Crippen LogP contribution in [0, 0.1) is 18.3 Å². The van der Waals surface area contributed by atoms with Crippen LogP contribution in [0.15, 0.2) is 0 Å². The summed E-state index contributed by atoms with van der Waals surface area (Å²) < 4.78 is 0. The first-order chi connectivity index (χ1) is 5.59. The van der Waals surface area contributed by atoms with Gasteiger partial charge in [-0.15, -0.1) is 13.1 Å². The largest absolute Gasteiger partial charge is 0.359 e. The molecular weight excluding hydrogens is 235 g/mol. The van der Waals surface area contributed by atoms with Crippen molar-refractivity contribution >= 4 is 0 Å². The zero-order valence-corrected chi connectivity index (χ0v) is 12.2. The smallest absolute Gasteiger partial charge is 0 e. The second-order valence-electron chi connectivity index (χ2n) is 4.43. The van der Waals surface area contributed by atoms with Crippen molar-refractivity contribution in [2.45, 2.75) is 40.2 Å². The monoisotopic (exact) mass is 256 g/mol. The maximum atomic E-state index is 2.50. The van der Waals surface area contributed by atoms with Crippen LogP contribution in [0.5, 0.6) is 0 Å². The summed E-state index contributed by atoms with van der Waals surface area (Å²) >= 11 is 0. The molecule has 0 amide bonds. The molecule has 1 radical (unpaired) electrons. The predicted octanol–water partition coefficient (Wildman–Crippen LogP) is 2.53. The Kier molecular flexibility index (Phi) is 7.06. The molecule has 75 valence electrons. The first-order valence-corrected chi connectivity index (χ1v) is 5.00. The van der Waals surface area contributed by atoms with Gasteiger partial charge >= 0.3 is 0 Å². The molecule has 0 aliphatic carbocycles. The van der Waals surface area contributed by atoms with E-state index in [0.29, 0.717) is 0 Å². The summed E-state index contributed by atoms with van der Waals surface area (Å²) in [5, 5.41) is 0. The SMILES string of the molecule is CC(C)[CH-]C[C-]1CN(C(C)C)C1.[Y]. The molecule has 1 aliphatic heterocycles. The maximum absolute atomic E-state index is 2.50. The van der Waals surface area contributed by atoms with Crippen molar-refractivity contribution in [1.82, 2.24) is 4.90 Å². The van der Waals surface area contributed by atoms with E-state index in [1.807, 2.05) is 0 Å². The summed E-state index contributed by atoms with van der Waals surface area (Å²) in [5.74, 6) is 2.45. The van der Waals surface area contributed by atoms with Gasteiger partial charge in [0.05, 0.1) is 0 Å². The normalized spacial score (nSPS) is 18.9. The van der Waals surface area contributed by atoms with E-state index in [4.69, 9.17) is 0 Å². The Morgan fingerprint density at radius 1 is 1.23 bits per heavy atom. The van der Waals surface area contributed by atoms with Crippen molar-refractivity contribution in [2.75, 3.05) is 13.1 Å². The summed E-state index contributed by atoms with van der Waals surface area (Å²) in [4.78, 5) is 2.50. The van der Waals surface area contributed by atoms with E-state index in [1.54, 1.807) is 5.92 Å². The van der Waals surface area contributed by atoms with Gasteiger partial charge in [0.15, 0.2) is 0 Å². The number of hydrogen-bond donors (Lipinski definition) is 0. The van der Waals surface area contributed by atoms with E-state index in [2.05, 4.69) is 39.0 Å². The van der Waals surface area contributed by atoms with Crippen LogP contribution in [-0.4, -0.2) is 24.0 Å². The summed E-state index contributed by atoms with van der Waals surface area (Å²) in [6, 6.07) is 0.729. The average molecular weight is 256 g/mol. The molecule has 0 aromatic carbocycles. The first kappa shape index (κ1) is 14.1. The first-order valence-electron chi connectivity index (χ1n) is 5.00. The van der Waals surface area contributed by atoms with Crippen LogP contribution in [0.3, 0.4) is 0 Å². The summed E-state index contributed by atoms with van der Waals surface area (Å²) in [7, 11) is 0. The van der Waals surface area contributed by atoms with Crippen molar-refractivity contribution in [3.8, 4) is 0 Å². The Morgan fingerprint density at radius 3 is 2.15 bits per heavy atom. The number of likely N-dealkylation sites (tertiary alicyclic amines) is 1. The Hall–Kier alpha value is 1.06. The summed E-state index contributed by atoms with van der Waals surface area (Å²) in [5.41, 5.74) is 0. The third-order valence-electron chi connectivity index (χ3n) is 2.46. The third kappa shape index (κ3) is 4.90. The maximum Gasteiger partial charge on any atom is 0 e. The van der Waals surface area contributed by atoms with Gasteiger partial charge in [0.1, 0.15) is 0 Å². The molecule has 0 saturated carbocycles. The van der Waals surface area contributed by atoms with Crippen LogP contribution in [0.4, 0.5) is 0 Å². The molecule has 1 rings (SSSR count). The number of nitrogens with zero attached hydrogens (tertiary/aromatic N) is 1. The zero-order valence-electron chi connectivity index (χ0n) is 9.38. The minimum atomic E-state index is 0. The fourth-order valence-electron chi connectivity index (χ4n) is 1.42. The molecule has 0 N–H and O–H groups in total. The fourth-order valence-corrected chi connectivity index (χ4v) is 1.42. The molecule has 1 aliphatic rings. The van der Waals surface area contributed by atoms with Gasteiger partial charge in [-0.05, 0) is 6.04 Å². The molecule has 1 saturated heterocycles. The zero-order chi connectivity index (χ0) is 9.14. The van der Waals surface area contributed by atoms with Crippen molar-refractivity contribution < 1.29 is 32.7 Å². The molecule has 1 fully saturated rings. The van der Waals surface area contributed by atoms with E-state index in [1.165, 1.54) is 19.5 Å². The second-order valence-corrected chi connectivity index (χ2v) is 4.43. The van der Waals surface area contributed by atoms with Gasteiger partial charge in [0, 0.05) is 32.7 Å². The molecule has 1 heterocycles. The molecular formula is C11H21NY-2. The van der Waals surface area contributed by atoms with Crippen LogP contribution in [0.2, 0.25) is 0 Å². The van der Waals surface area contributed by atoms with E-state index >= 15 is 0 Å². The minimum absolute atomic E-state index is 0. The molecule has 1 nitrogen and oxygen atoms in total. The van der Waals surface area contributed by atoms with Crippen LogP contribution >= 0.6 is 0 Å². The Balaban J connectivity index is 0.00000144. The molecule has 0 aromatic heterocycles. The average Bonchev–Trinajstić information content (AvgIpc) is 1.82. The molecule has 0 spiro atoms. The van der Waals surface area contributed by atoms with Crippen LogP contribution in [0.1, 0.15) is 34.1 Å². The number of rotatable bonds is 4. The van der Waals surface area contributed by atoms with Gasteiger partial charge in [0.25, 0.3) is 0 Å². The van der Waals surface area contributed by atoms with Crippen LogP contribution in [-0.2, 0) is 32.7 Å². The Bertz CT molecular complexity index is 125. The van der Waals surface area contributed by atoms with Crippen LogP contribution in [0.25, 0.3) is 0 Å². The molecule has 0 unspecified atom stereocenters. The van der Waals surface area contributed by atoms with Crippen molar-refractivity contribution in [2.24, 2.45) is 5.92 Å². The third-order valence-corrected chi connectivity index (χ3v) is 2.46. The quantitative estimate of drug-likeness (QED) is 0.699. The van der Waals surface area contributed by atoms with Crippen molar-refractivity contribution in [3.63, 3.8) is 0 Å². The summed E-state index contributed by atoms with van der Waals surface area (Å²) in [6.07, 6.45) is 3.65. The van der Waals surface area contributed by atoms with Gasteiger partial charge in [-0.2, -0.15) is 5.92 Å². The van der Waals surface area contributed by atoms with Gasteiger partial charge in [0.2, 0.25) is 0 Å². The molecule has 2 heteroatoms. The Labute approximate surface area is 109 Å². The van der Waals surface area contributed by atoms with Crippen molar-refractivity contribution in [3.05, 3.63) is 12.3 Å². The van der Waals surface area contributed by atoms with Gasteiger partial charge in [-0.1, -0.05) is 27.7 Å². The topological polar surface area (TPSA) is 3.24 Å². The van der Waals surface area contributed by atoms with E-state index in [-0.39, 0.29) is 32.7 Å². The summed E-state index contributed by atoms with van der Waals surface area (Å²) in [6.45, 7) is 11.5. The Morgan fingerprint density at radius 2 is 1.77 bits per heavy atom. The van der Waals surface area contributed by atoms with Gasteiger partial charge in [-0.25, -0.2) is 0 Å². The van der Waals surface area contributed by atoms with E-state index in [9.17, 15) is 0 Å². The van der Waals surface area contributed by atoms with Gasteiger partial charge < -0.3 is 23.7 Å². The molecule has 0 aromatic rings. The van der Waals surface area contributed by atoms with E-state index in [0.717, 1.165) is 12.0 Å². The van der Waals surface area contributed by atoms with Crippen molar-refractivity contribution in [1.29, 1.82) is 0 Å².